The van der Waals surface area contributed by atoms with E-state index in [-0.39, 0.29) is 29.8 Å². The monoisotopic (exact) mass is 705 g/mol. The van der Waals surface area contributed by atoms with Gasteiger partial charge in [0.15, 0.2) is 0 Å². The van der Waals surface area contributed by atoms with Gasteiger partial charge in [0, 0.05) is 29.1 Å². The van der Waals surface area contributed by atoms with Crippen LogP contribution in [0, 0.1) is 13.8 Å². The fourth-order valence-corrected chi connectivity index (χ4v) is 8.06. The van der Waals surface area contributed by atoms with Crippen molar-refractivity contribution in [1.29, 1.82) is 0 Å². The topological polar surface area (TPSA) is 86.8 Å². The van der Waals surface area contributed by atoms with E-state index >= 15 is 0 Å². The zero-order valence-electron chi connectivity index (χ0n) is 27.2. The first-order valence-corrected chi connectivity index (χ1v) is 18.5. The quantitative estimate of drug-likeness (QED) is 0.162. The molecule has 5 rings (SSSR count). The number of carbonyl (C=O) groups excluding carboxylic acids is 2. The molecule has 0 aromatic heterocycles. The first-order chi connectivity index (χ1) is 23.0. The fraction of sp³-hybridized carbons (Fsp3) is 0.316. The van der Waals surface area contributed by atoms with Gasteiger partial charge in [0.05, 0.1) is 10.6 Å². The molecule has 1 aliphatic carbocycles. The number of sulfonamides is 1. The van der Waals surface area contributed by atoms with Crippen molar-refractivity contribution >= 4 is 50.7 Å². The minimum absolute atomic E-state index is 0.00606. The molecular weight excluding hydrogens is 665 g/mol. The van der Waals surface area contributed by atoms with Crippen LogP contribution in [0.4, 0.5) is 5.69 Å². The Bertz CT molecular complexity index is 1830. The summed E-state index contributed by atoms with van der Waals surface area (Å²) in [7, 11) is -4.23. The smallest absolute Gasteiger partial charge is 0.264 e. The van der Waals surface area contributed by atoms with Crippen molar-refractivity contribution < 1.29 is 18.0 Å². The van der Waals surface area contributed by atoms with Gasteiger partial charge in [-0.15, -0.1) is 0 Å². The highest BCUT2D eigenvalue weighted by molar-refractivity contribution is 7.92. The van der Waals surface area contributed by atoms with E-state index in [9.17, 15) is 18.0 Å². The van der Waals surface area contributed by atoms with Gasteiger partial charge < -0.3 is 10.2 Å². The minimum atomic E-state index is -4.23. The van der Waals surface area contributed by atoms with Gasteiger partial charge in [-0.05, 0) is 79.8 Å². The standard InChI is InChI=1S/C38H41Cl2N3O4S/c1-27-17-20-33(21-18-27)48(46,47)43(35-22-19-31(39)23-28(35)2)26-37(44)42(25-30-13-9-10-16-34(30)40)36(24-29-11-5-3-6-12-29)38(45)41-32-14-7-4-8-15-32/h3,5-6,9-13,16-23,32,36H,4,7-8,14-15,24-26H2,1-2H3,(H,41,45). The first-order valence-electron chi connectivity index (χ1n) is 16.3. The van der Waals surface area contributed by atoms with Crippen molar-refractivity contribution in [2.45, 2.75) is 75.9 Å². The first kappa shape index (κ1) is 35.5. The normalized spacial score (nSPS) is 14.2. The molecule has 1 saturated carbocycles. The van der Waals surface area contributed by atoms with Gasteiger partial charge >= 0.3 is 0 Å². The summed E-state index contributed by atoms with van der Waals surface area (Å²) in [5.41, 5.74) is 3.32. The molecule has 252 valence electrons. The van der Waals surface area contributed by atoms with Crippen molar-refractivity contribution in [2.75, 3.05) is 10.8 Å². The summed E-state index contributed by atoms with van der Waals surface area (Å²) in [5, 5.41) is 4.11. The summed E-state index contributed by atoms with van der Waals surface area (Å²) in [4.78, 5) is 30.5. The second kappa shape index (κ2) is 16.0. The van der Waals surface area contributed by atoms with Gasteiger partial charge in [0.2, 0.25) is 11.8 Å². The van der Waals surface area contributed by atoms with Crippen molar-refractivity contribution in [1.82, 2.24) is 10.2 Å². The number of carbonyl (C=O) groups is 2. The van der Waals surface area contributed by atoms with Crippen LogP contribution in [0.15, 0.2) is 102 Å². The molecule has 0 spiro atoms. The van der Waals surface area contributed by atoms with Gasteiger partial charge in [-0.25, -0.2) is 8.42 Å². The molecule has 0 saturated heterocycles. The molecule has 1 fully saturated rings. The highest BCUT2D eigenvalue weighted by Crippen LogP contribution is 2.30. The van der Waals surface area contributed by atoms with E-state index in [4.69, 9.17) is 23.2 Å². The maximum atomic E-state index is 14.8. The Hall–Kier alpha value is -3.85. The Morgan fingerprint density at radius 3 is 2.19 bits per heavy atom. The Morgan fingerprint density at radius 1 is 0.854 bits per heavy atom. The number of hydrogen-bond acceptors (Lipinski definition) is 4. The summed E-state index contributed by atoms with van der Waals surface area (Å²) in [6, 6.07) is 27.1. The number of rotatable bonds is 12. The van der Waals surface area contributed by atoms with Crippen LogP contribution < -0.4 is 9.62 Å². The highest BCUT2D eigenvalue weighted by Gasteiger charge is 2.36. The number of aryl methyl sites for hydroxylation is 2. The second-order valence-electron chi connectivity index (χ2n) is 12.4. The lowest BCUT2D eigenvalue weighted by Crippen LogP contribution is -2.55. The SMILES string of the molecule is Cc1ccc(S(=O)(=O)N(CC(=O)N(Cc2ccccc2Cl)C(Cc2ccccc2)C(=O)NC2CCCCC2)c2ccc(Cl)cc2C)cc1. The predicted molar refractivity (Wildman–Crippen MR) is 193 cm³/mol. The van der Waals surface area contributed by atoms with E-state index in [2.05, 4.69) is 5.32 Å². The second-order valence-corrected chi connectivity index (χ2v) is 15.1. The molecule has 48 heavy (non-hydrogen) atoms. The summed E-state index contributed by atoms with van der Waals surface area (Å²) >= 11 is 12.9. The third-order valence-electron chi connectivity index (χ3n) is 8.84. The minimum Gasteiger partial charge on any atom is -0.352 e. The van der Waals surface area contributed by atoms with E-state index in [0.717, 1.165) is 47.5 Å². The number of hydrogen-bond donors (Lipinski definition) is 1. The summed E-state index contributed by atoms with van der Waals surface area (Å²) < 4.78 is 29.8. The van der Waals surface area contributed by atoms with E-state index in [0.29, 0.717) is 26.9 Å². The Balaban J connectivity index is 1.59. The van der Waals surface area contributed by atoms with E-state index in [1.54, 1.807) is 49.4 Å². The zero-order chi connectivity index (χ0) is 34.3. The Kier molecular flexibility index (Phi) is 11.8. The van der Waals surface area contributed by atoms with E-state index in [1.165, 1.54) is 17.0 Å². The lowest BCUT2D eigenvalue weighted by molar-refractivity contribution is -0.140. The van der Waals surface area contributed by atoms with Crippen molar-refractivity contribution in [2.24, 2.45) is 0 Å². The molecule has 0 bridgehead atoms. The van der Waals surface area contributed by atoms with E-state index < -0.39 is 28.5 Å². The van der Waals surface area contributed by atoms with Gasteiger partial charge in [0.1, 0.15) is 12.6 Å². The zero-order valence-corrected chi connectivity index (χ0v) is 29.6. The maximum absolute atomic E-state index is 14.8. The van der Waals surface area contributed by atoms with Crippen LogP contribution in [0.2, 0.25) is 10.0 Å². The fourth-order valence-electron chi connectivity index (χ4n) is 6.16. The van der Waals surface area contributed by atoms with Gasteiger partial charge in [-0.1, -0.05) is 109 Å². The Labute approximate surface area is 293 Å². The van der Waals surface area contributed by atoms with Crippen LogP contribution in [0.25, 0.3) is 0 Å². The molecule has 7 nitrogen and oxygen atoms in total. The summed E-state index contributed by atoms with van der Waals surface area (Å²) in [5.74, 6) is -0.818. The summed E-state index contributed by atoms with van der Waals surface area (Å²) in [6.07, 6.45) is 5.18. The average molecular weight is 707 g/mol. The van der Waals surface area contributed by atoms with Crippen molar-refractivity contribution in [3.05, 3.63) is 129 Å². The van der Waals surface area contributed by atoms with Crippen molar-refractivity contribution in [3.8, 4) is 0 Å². The molecule has 1 aliphatic rings. The highest BCUT2D eigenvalue weighted by atomic mass is 35.5. The Morgan fingerprint density at radius 2 is 1.52 bits per heavy atom. The largest absolute Gasteiger partial charge is 0.352 e. The van der Waals surface area contributed by atoms with Crippen LogP contribution in [-0.2, 0) is 32.6 Å². The van der Waals surface area contributed by atoms with Crippen LogP contribution in [0.1, 0.15) is 54.4 Å². The predicted octanol–water partition coefficient (Wildman–Crippen LogP) is 7.89. The van der Waals surface area contributed by atoms with Gasteiger partial charge in [-0.2, -0.15) is 0 Å². The van der Waals surface area contributed by atoms with Crippen LogP contribution in [-0.4, -0.2) is 43.8 Å². The molecule has 0 aliphatic heterocycles. The number of amides is 2. The van der Waals surface area contributed by atoms with Gasteiger partial charge in [0.25, 0.3) is 10.0 Å². The molecule has 10 heteroatoms. The molecule has 0 heterocycles. The van der Waals surface area contributed by atoms with E-state index in [1.807, 2.05) is 49.4 Å². The molecule has 1 unspecified atom stereocenters. The summed E-state index contributed by atoms with van der Waals surface area (Å²) in [6.45, 7) is 3.08. The molecule has 0 radical (unpaired) electrons. The number of halogens is 2. The number of nitrogens with zero attached hydrogens (tertiary/aromatic N) is 2. The number of nitrogens with one attached hydrogen (secondary N) is 1. The van der Waals surface area contributed by atoms with Crippen LogP contribution in [0.5, 0.6) is 0 Å². The molecular formula is C38H41Cl2N3O4S. The molecule has 2 amide bonds. The lowest BCUT2D eigenvalue weighted by atomic mass is 9.94. The molecule has 1 atom stereocenters. The van der Waals surface area contributed by atoms with Crippen LogP contribution >= 0.6 is 23.2 Å². The number of anilines is 1. The van der Waals surface area contributed by atoms with Gasteiger partial charge in [-0.3, -0.25) is 13.9 Å². The van der Waals surface area contributed by atoms with Crippen LogP contribution in [0.3, 0.4) is 0 Å². The third-order valence-corrected chi connectivity index (χ3v) is 11.2. The molecule has 4 aromatic rings. The average Bonchev–Trinajstić information content (AvgIpc) is 3.07. The number of benzene rings is 4. The lowest BCUT2D eigenvalue weighted by Gasteiger charge is -2.35. The van der Waals surface area contributed by atoms with Crippen molar-refractivity contribution in [3.63, 3.8) is 0 Å². The maximum Gasteiger partial charge on any atom is 0.264 e. The third kappa shape index (κ3) is 8.78. The molecule has 4 aromatic carbocycles. The molecule has 1 N–H and O–H groups in total.